The Morgan fingerprint density at radius 1 is 1.13 bits per heavy atom. The molecule has 0 spiro atoms. The van der Waals surface area contributed by atoms with Crippen LogP contribution in [0, 0.1) is 5.92 Å². The summed E-state index contributed by atoms with van der Waals surface area (Å²) in [5, 5.41) is 0. The van der Waals surface area contributed by atoms with E-state index in [0.717, 1.165) is 43.7 Å². The molecule has 30 heavy (non-hydrogen) atoms. The maximum Gasteiger partial charge on any atom is 0.211 e. The lowest BCUT2D eigenvalue weighted by molar-refractivity contribution is -0.0276. The van der Waals surface area contributed by atoms with Crippen molar-refractivity contribution in [3.05, 3.63) is 18.1 Å². The normalized spacial score (nSPS) is 31.0. The van der Waals surface area contributed by atoms with E-state index in [4.69, 9.17) is 4.74 Å². The Hall–Kier alpha value is -1.33. The number of sulfonamides is 1. The molecule has 0 bridgehead atoms. The molecular formula is C20H34N6O3S. The molecule has 9 nitrogen and oxygen atoms in total. The van der Waals surface area contributed by atoms with Gasteiger partial charge in [0.2, 0.25) is 10.0 Å². The molecule has 2 saturated heterocycles. The number of ether oxygens (including phenoxy) is 1. The third kappa shape index (κ3) is 4.94. The summed E-state index contributed by atoms with van der Waals surface area (Å²) in [7, 11) is -3.16. The van der Waals surface area contributed by atoms with Crippen molar-refractivity contribution in [2.75, 3.05) is 37.3 Å². The van der Waals surface area contributed by atoms with Gasteiger partial charge in [0.15, 0.2) is 0 Å². The van der Waals surface area contributed by atoms with Crippen molar-refractivity contribution in [1.29, 1.82) is 0 Å². The van der Waals surface area contributed by atoms with Crippen molar-refractivity contribution in [3.8, 4) is 0 Å². The van der Waals surface area contributed by atoms with E-state index >= 15 is 0 Å². The standard InChI is InChI=1S/C20H34N6O3S/c1-14(2)29-15-5-6-17-16(11-15)20(24-23-17)18-12-19(22-13-21-18)25-7-4-8-26(10-9-25)30(3,27)28/h12-17,20,23-24H,4-11H2,1-3H3. The number of fused-ring (bicyclic) bond motifs is 1. The van der Waals surface area contributed by atoms with Crippen molar-refractivity contribution in [2.45, 2.75) is 63.8 Å². The predicted octanol–water partition coefficient (Wildman–Crippen LogP) is 1.06. The molecule has 1 aliphatic carbocycles. The number of hydrazine groups is 1. The fraction of sp³-hybridized carbons (Fsp3) is 0.800. The predicted molar refractivity (Wildman–Crippen MR) is 115 cm³/mol. The highest BCUT2D eigenvalue weighted by molar-refractivity contribution is 7.88. The minimum absolute atomic E-state index is 0.120. The first-order valence-corrected chi connectivity index (χ1v) is 12.8. The van der Waals surface area contributed by atoms with Crippen LogP contribution in [0.2, 0.25) is 0 Å². The van der Waals surface area contributed by atoms with Crippen LogP contribution in [0.4, 0.5) is 5.82 Å². The van der Waals surface area contributed by atoms with Crippen molar-refractivity contribution >= 4 is 15.8 Å². The first kappa shape index (κ1) is 21.9. The second-order valence-corrected chi connectivity index (χ2v) is 10.9. The van der Waals surface area contributed by atoms with Gasteiger partial charge in [-0.3, -0.25) is 5.43 Å². The van der Waals surface area contributed by atoms with Crippen LogP contribution in [0.5, 0.6) is 0 Å². The van der Waals surface area contributed by atoms with Gasteiger partial charge in [-0.1, -0.05) is 0 Å². The third-order valence-corrected chi connectivity index (χ3v) is 7.71. The molecule has 1 aromatic rings. The summed E-state index contributed by atoms with van der Waals surface area (Å²) in [5.41, 5.74) is 7.90. The summed E-state index contributed by atoms with van der Waals surface area (Å²) in [5.74, 6) is 1.29. The number of nitrogens with one attached hydrogen (secondary N) is 2. The largest absolute Gasteiger partial charge is 0.376 e. The Labute approximate surface area is 179 Å². The number of nitrogens with zero attached hydrogens (tertiary/aromatic N) is 4. The molecule has 2 aliphatic heterocycles. The Kier molecular flexibility index (Phi) is 6.59. The van der Waals surface area contributed by atoms with Crippen LogP contribution in [0.3, 0.4) is 0 Å². The van der Waals surface area contributed by atoms with Crippen LogP contribution < -0.4 is 15.8 Å². The van der Waals surface area contributed by atoms with Crippen molar-refractivity contribution in [2.24, 2.45) is 5.92 Å². The summed E-state index contributed by atoms with van der Waals surface area (Å²) >= 11 is 0. The number of rotatable bonds is 5. The summed E-state index contributed by atoms with van der Waals surface area (Å²) in [4.78, 5) is 11.2. The monoisotopic (exact) mass is 438 g/mol. The highest BCUT2D eigenvalue weighted by Crippen LogP contribution is 2.39. The van der Waals surface area contributed by atoms with Gasteiger partial charge in [-0.25, -0.2) is 28.1 Å². The minimum Gasteiger partial charge on any atom is -0.376 e. The highest BCUT2D eigenvalue weighted by atomic mass is 32.2. The average Bonchev–Trinajstić information content (AvgIpc) is 2.93. The van der Waals surface area contributed by atoms with E-state index < -0.39 is 10.0 Å². The molecule has 4 atom stereocenters. The fourth-order valence-corrected chi connectivity index (χ4v) is 5.85. The van der Waals surface area contributed by atoms with Crippen LogP contribution >= 0.6 is 0 Å². The molecule has 3 heterocycles. The zero-order valence-corrected chi connectivity index (χ0v) is 18.9. The van der Waals surface area contributed by atoms with Gasteiger partial charge in [0, 0.05) is 44.2 Å². The number of hydrogen-bond acceptors (Lipinski definition) is 8. The van der Waals surface area contributed by atoms with E-state index in [1.807, 2.05) is 0 Å². The summed E-state index contributed by atoms with van der Waals surface area (Å²) in [6, 6.07) is 2.61. The fourth-order valence-electron chi connectivity index (χ4n) is 4.98. The summed E-state index contributed by atoms with van der Waals surface area (Å²) in [6.45, 7) is 6.66. The van der Waals surface area contributed by atoms with Gasteiger partial charge in [-0.15, -0.1) is 0 Å². The van der Waals surface area contributed by atoms with E-state index in [1.54, 1.807) is 10.6 Å². The van der Waals surface area contributed by atoms with E-state index in [1.165, 1.54) is 6.26 Å². The van der Waals surface area contributed by atoms with E-state index in [9.17, 15) is 8.42 Å². The van der Waals surface area contributed by atoms with Crippen LogP contribution in [0.15, 0.2) is 12.4 Å². The van der Waals surface area contributed by atoms with Gasteiger partial charge >= 0.3 is 0 Å². The van der Waals surface area contributed by atoms with E-state index in [2.05, 4.69) is 45.6 Å². The maximum absolute atomic E-state index is 11.9. The van der Waals surface area contributed by atoms with E-state index in [0.29, 0.717) is 37.7 Å². The minimum atomic E-state index is -3.16. The van der Waals surface area contributed by atoms with Gasteiger partial charge < -0.3 is 9.64 Å². The summed E-state index contributed by atoms with van der Waals surface area (Å²) in [6.07, 6.45) is 7.42. The molecule has 0 amide bonds. The molecule has 1 saturated carbocycles. The lowest BCUT2D eigenvalue weighted by Crippen LogP contribution is -2.38. The van der Waals surface area contributed by atoms with Gasteiger partial charge in [0.05, 0.1) is 30.2 Å². The molecule has 4 rings (SSSR count). The smallest absolute Gasteiger partial charge is 0.211 e. The topological polar surface area (TPSA) is 99.7 Å². The molecule has 168 valence electrons. The Bertz CT molecular complexity index is 836. The lowest BCUT2D eigenvalue weighted by atomic mass is 9.79. The average molecular weight is 439 g/mol. The SMILES string of the molecule is CC(C)OC1CCC2NNC(c3cc(N4CCCN(S(C)(=O)=O)CC4)ncn3)C2C1. The van der Waals surface area contributed by atoms with Crippen molar-refractivity contribution < 1.29 is 13.2 Å². The van der Waals surface area contributed by atoms with Gasteiger partial charge in [-0.2, -0.15) is 0 Å². The second-order valence-electron chi connectivity index (χ2n) is 8.96. The first-order valence-electron chi connectivity index (χ1n) is 11.0. The molecular weight excluding hydrogens is 404 g/mol. The maximum atomic E-state index is 11.9. The first-order chi connectivity index (χ1) is 14.3. The van der Waals surface area contributed by atoms with Crippen molar-refractivity contribution in [3.63, 3.8) is 0 Å². The number of hydrogen-bond donors (Lipinski definition) is 2. The van der Waals surface area contributed by atoms with Crippen LogP contribution in [0.25, 0.3) is 0 Å². The molecule has 10 heteroatoms. The summed E-state index contributed by atoms with van der Waals surface area (Å²) < 4.78 is 31.4. The Morgan fingerprint density at radius 2 is 1.97 bits per heavy atom. The number of aromatic nitrogens is 2. The Morgan fingerprint density at radius 3 is 2.73 bits per heavy atom. The molecule has 3 aliphatic rings. The Balaban J connectivity index is 1.47. The van der Waals surface area contributed by atoms with E-state index in [-0.39, 0.29) is 12.1 Å². The van der Waals surface area contributed by atoms with Gasteiger partial charge in [0.1, 0.15) is 12.1 Å². The lowest BCUT2D eigenvalue weighted by Gasteiger charge is -2.34. The van der Waals surface area contributed by atoms with Gasteiger partial charge in [0.25, 0.3) is 0 Å². The van der Waals surface area contributed by atoms with Crippen LogP contribution in [-0.2, 0) is 14.8 Å². The molecule has 0 radical (unpaired) electrons. The molecule has 4 unspecified atom stereocenters. The number of anilines is 1. The molecule has 3 fully saturated rings. The molecule has 2 N–H and O–H groups in total. The molecule has 0 aromatic carbocycles. The quantitative estimate of drug-likeness (QED) is 0.704. The van der Waals surface area contributed by atoms with Gasteiger partial charge in [-0.05, 0) is 39.5 Å². The second kappa shape index (κ2) is 9.04. The molecule has 1 aromatic heterocycles. The van der Waals surface area contributed by atoms with Crippen LogP contribution in [0.1, 0.15) is 51.3 Å². The zero-order valence-electron chi connectivity index (χ0n) is 18.1. The highest BCUT2D eigenvalue weighted by Gasteiger charge is 2.42. The van der Waals surface area contributed by atoms with Crippen LogP contribution in [-0.4, -0.2) is 73.4 Å². The van der Waals surface area contributed by atoms with Crippen molar-refractivity contribution in [1.82, 2.24) is 25.1 Å². The zero-order chi connectivity index (χ0) is 21.3. The third-order valence-electron chi connectivity index (χ3n) is 6.41.